The van der Waals surface area contributed by atoms with Gasteiger partial charge in [0.1, 0.15) is 12.4 Å². The van der Waals surface area contributed by atoms with Gasteiger partial charge in [-0.05, 0) is 5.92 Å². The van der Waals surface area contributed by atoms with E-state index in [1.54, 1.807) is 6.20 Å². The number of aromatic nitrogens is 2. The predicted molar refractivity (Wildman–Crippen MR) is 43.0 cm³/mol. The molecule has 0 radical (unpaired) electrons. The number of aliphatic hydroxyl groups is 1. The van der Waals surface area contributed by atoms with Crippen LogP contribution in [0.5, 0.6) is 0 Å². The van der Waals surface area contributed by atoms with Crippen molar-refractivity contribution in [2.75, 3.05) is 0 Å². The fraction of sp³-hybridized carbons (Fsp3) is 0.625. The van der Waals surface area contributed by atoms with E-state index in [0.29, 0.717) is 5.92 Å². The van der Waals surface area contributed by atoms with Crippen molar-refractivity contribution in [2.45, 2.75) is 27.0 Å². The van der Waals surface area contributed by atoms with Crippen molar-refractivity contribution in [3.63, 3.8) is 0 Å². The number of hydrogen-bond acceptors (Lipinski definition) is 2. The number of imidazole rings is 1. The first-order chi connectivity index (χ1) is 5.24. The average molecular weight is 154 g/mol. The van der Waals surface area contributed by atoms with Crippen LogP contribution in [0.4, 0.5) is 0 Å². The summed E-state index contributed by atoms with van der Waals surface area (Å²) in [6.45, 7) is 5.23. The van der Waals surface area contributed by atoms with E-state index >= 15 is 0 Å². The summed E-state index contributed by atoms with van der Waals surface area (Å²) >= 11 is 0. The molecule has 1 heterocycles. The van der Waals surface area contributed by atoms with Gasteiger partial charge in [-0.2, -0.15) is 0 Å². The maximum Gasteiger partial charge on any atom is 0.134 e. The smallest absolute Gasteiger partial charge is 0.134 e. The highest BCUT2D eigenvalue weighted by Crippen LogP contribution is 2.02. The summed E-state index contributed by atoms with van der Waals surface area (Å²) in [7, 11) is 0. The highest BCUT2D eigenvalue weighted by molar-refractivity contribution is 4.90. The van der Waals surface area contributed by atoms with E-state index in [4.69, 9.17) is 5.11 Å². The van der Waals surface area contributed by atoms with Crippen molar-refractivity contribution in [2.24, 2.45) is 5.92 Å². The van der Waals surface area contributed by atoms with Gasteiger partial charge in [-0.15, -0.1) is 0 Å². The number of hydrogen-bond donors (Lipinski definition) is 1. The van der Waals surface area contributed by atoms with E-state index in [0.717, 1.165) is 12.4 Å². The van der Waals surface area contributed by atoms with Gasteiger partial charge < -0.3 is 9.67 Å². The van der Waals surface area contributed by atoms with Crippen LogP contribution in [0.3, 0.4) is 0 Å². The molecule has 0 aliphatic carbocycles. The summed E-state index contributed by atoms with van der Waals surface area (Å²) in [6.07, 6.45) is 3.61. The van der Waals surface area contributed by atoms with E-state index in [-0.39, 0.29) is 6.61 Å². The zero-order chi connectivity index (χ0) is 8.27. The van der Waals surface area contributed by atoms with Crippen molar-refractivity contribution >= 4 is 0 Å². The first-order valence-corrected chi connectivity index (χ1v) is 3.85. The third-order valence-electron chi connectivity index (χ3n) is 1.50. The van der Waals surface area contributed by atoms with Gasteiger partial charge >= 0.3 is 0 Å². The molecule has 62 valence electrons. The van der Waals surface area contributed by atoms with Gasteiger partial charge in [-0.1, -0.05) is 13.8 Å². The molecule has 1 aromatic heterocycles. The second kappa shape index (κ2) is 3.53. The second-order valence-electron chi connectivity index (χ2n) is 3.05. The van der Waals surface area contributed by atoms with Crippen molar-refractivity contribution < 1.29 is 5.11 Å². The minimum atomic E-state index is 0.0275. The van der Waals surface area contributed by atoms with Crippen LogP contribution in [0.1, 0.15) is 19.7 Å². The van der Waals surface area contributed by atoms with Crippen molar-refractivity contribution in [3.05, 3.63) is 18.2 Å². The standard InChI is InChI=1S/C8H14N2O/c1-7(2)5-10-4-3-9-8(10)6-11/h3-4,7,11H,5-6H2,1-2H3. The molecule has 0 saturated carbocycles. The fourth-order valence-electron chi connectivity index (χ4n) is 1.05. The molecule has 0 aliphatic heterocycles. The van der Waals surface area contributed by atoms with E-state index in [2.05, 4.69) is 18.8 Å². The number of aliphatic hydroxyl groups excluding tert-OH is 1. The quantitative estimate of drug-likeness (QED) is 0.706. The van der Waals surface area contributed by atoms with Crippen molar-refractivity contribution in [3.8, 4) is 0 Å². The van der Waals surface area contributed by atoms with Crippen LogP contribution >= 0.6 is 0 Å². The van der Waals surface area contributed by atoms with Crippen LogP contribution in [0.15, 0.2) is 12.4 Å². The summed E-state index contributed by atoms with van der Waals surface area (Å²) in [5, 5.41) is 8.84. The van der Waals surface area contributed by atoms with Gasteiger partial charge in [0.2, 0.25) is 0 Å². The Hall–Kier alpha value is -0.830. The fourth-order valence-corrected chi connectivity index (χ4v) is 1.05. The lowest BCUT2D eigenvalue weighted by Crippen LogP contribution is -2.07. The van der Waals surface area contributed by atoms with Crippen LogP contribution in [0, 0.1) is 5.92 Å². The summed E-state index contributed by atoms with van der Waals surface area (Å²) in [5.41, 5.74) is 0. The van der Waals surface area contributed by atoms with Crippen LogP contribution in [0.2, 0.25) is 0 Å². The molecule has 1 aromatic rings. The molecule has 11 heavy (non-hydrogen) atoms. The molecule has 0 saturated heterocycles. The lowest BCUT2D eigenvalue weighted by atomic mass is 10.2. The van der Waals surface area contributed by atoms with Crippen molar-refractivity contribution in [1.82, 2.24) is 9.55 Å². The Kier molecular flexibility index (Phi) is 2.65. The largest absolute Gasteiger partial charge is 0.388 e. The Labute approximate surface area is 66.7 Å². The molecule has 0 aromatic carbocycles. The SMILES string of the molecule is CC(C)Cn1ccnc1CO. The third kappa shape index (κ3) is 2.05. The second-order valence-corrected chi connectivity index (χ2v) is 3.05. The Bertz CT molecular complexity index is 218. The van der Waals surface area contributed by atoms with Gasteiger partial charge in [0.15, 0.2) is 0 Å². The average Bonchev–Trinajstić information content (AvgIpc) is 2.34. The van der Waals surface area contributed by atoms with E-state index in [1.165, 1.54) is 0 Å². The molecular weight excluding hydrogens is 140 g/mol. The molecule has 1 N–H and O–H groups in total. The molecule has 0 bridgehead atoms. The summed E-state index contributed by atoms with van der Waals surface area (Å²) in [5.74, 6) is 1.34. The molecule has 0 fully saturated rings. The van der Waals surface area contributed by atoms with Gasteiger partial charge in [0.25, 0.3) is 0 Å². The highest BCUT2D eigenvalue weighted by Gasteiger charge is 2.01. The molecule has 0 unspecified atom stereocenters. The van der Waals surface area contributed by atoms with E-state index in [1.807, 2.05) is 10.8 Å². The van der Waals surface area contributed by atoms with E-state index in [9.17, 15) is 0 Å². The zero-order valence-electron chi connectivity index (χ0n) is 6.99. The zero-order valence-corrected chi connectivity index (χ0v) is 6.99. The highest BCUT2D eigenvalue weighted by atomic mass is 16.3. The lowest BCUT2D eigenvalue weighted by Gasteiger charge is -2.07. The van der Waals surface area contributed by atoms with Crippen LogP contribution in [-0.4, -0.2) is 14.7 Å². The monoisotopic (exact) mass is 154 g/mol. The van der Waals surface area contributed by atoms with Crippen molar-refractivity contribution in [1.29, 1.82) is 0 Å². The summed E-state index contributed by atoms with van der Waals surface area (Å²) < 4.78 is 1.98. The molecule has 0 aliphatic rings. The minimum Gasteiger partial charge on any atom is -0.388 e. The molecular formula is C8H14N2O. The Morgan fingerprint density at radius 1 is 1.64 bits per heavy atom. The van der Waals surface area contributed by atoms with Gasteiger partial charge in [0, 0.05) is 18.9 Å². The van der Waals surface area contributed by atoms with Crippen LogP contribution < -0.4 is 0 Å². The summed E-state index contributed by atoms with van der Waals surface area (Å²) in [6, 6.07) is 0. The normalized spacial score (nSPS) is 10.9. The molecule has 0 spiro atoms. The topological polar surface area (TPSA) is 38.0 Å². The van der Waals surface area contributed by atoms with Gasteiger partial charge in [0.05, 0.1) is 0 Å². The van der Waals surface area contributed by atoms with Crippen LogP contribution in [0.25, 0.3) is 0 Å². The first kappa shape index (κ1) is 8.27. The maximum atomic E-state index is 8.84. The third-order valence-corrected chi connectivity index (χ3v) is 1.50. The molecule has 3 nitrogen and oxygen atoms in total. The lowest BCUT2D eigenvalue weighted by molar-refractivity contribution is 0.262. The minimum absolute atomic E-state index is 0.0275. The van der Waals surface area contributed by atoms with Gasteiger partial charge in [-0.25, -0.2) is 4.98 Å². The van der Waals surface area contributed by atoms with Gasteiger partial charge in [-0.3, -0.25) is 0 Å². The first-order valence-electron chi connectivity index (χ1n) is 3.85. The Balaban J connectivity index is 2.68. The maximum absolute atomic E-state index is 8.84. The number of rotatable bonds is 3. The Morgan fingerprint density at radius 3 is 2.91 bits per heavy atom. The molecule has 3 heteroatoms. The molecule has 0 atom stereocenters. The van der Waals surface area contributed by atoms with E-state index < -0.39 is 0 Å². The summed E-state index contributed by atoms with van der Waals surface area (Å²) in [4.78, 5) is 4.00. The van der Waals surface area contributed by atoms with Crippen LogP contribution in [-0.2, 0) is 13.2 Å². The molecule has 1 rings (SSSR count). The number of nitrogens with zero attached hydrogens (tertiary/aromatic N) is 2. The Morgan fingerprint density at radius 2 is 2.36 bits per heavy atom. The molecule has 0 amide bonds. The predicted octanol–water partition coefficient (Wildman–Crippen LogP) is 1.03.